The van der Waals surface area contributed by atoms with E-state index < -0.39 is 0 Å². The van der Waals surface area contributed by atoms with E-state index in [1.54, 1.807) is 6.92 Å². The fraction of sp³-hybridized carbons (Fsp3) is 0.636. The van der Waals surface area contributed by atoms with Gasteiger partial charge in [0.15, 0.2) is 0 Å². The molecule has 1 atom stereocenters. The van der Waals surface area contributed by atoms with E-state index in [2.05, 4.69) is 24.5 Å². The summed E-state index contributed by atoms with van der Waals surface area (Å²) < 4.78 is 0. The molecule has 0 aliphatic carbocycles. The van der Waals surface area contributed by atoms with E-state index in [1.807, 2.05) is 20.9 Å². The molecule has 0 N–H and O–H groups in total. The number of nitrogens with zero attached hydrogens (tertiary/aromatic N) is 1. The fourth-order valence-electron chi connectivity index (χ4n) is 1.22. The molecule has 1 saturated heterocycles. The molecule has 0 spiro atoms. The Morgan fingerprint density at radius 1 is 1.50 bits per heavy atom. The van der Waals surface area contributed by atoms with E-state index in [9.17, 15) is 4.79 Å². The molecule has 0 amide bonds. The minimum Gasteiger partial charge on any atom is -0.521 e. The van der Waals surface area contributed by atoms with Crippen molar-refractivity contribution in [1.29, 1.82) is 0 Å². The van der Waals surface area contributed by atoms with Gasteiger partial charge < -0.3 is 17.9 Å². The second kappa shape index (κ2) is 14.0. The minimum atomic E-state index is 0. The van der Waals surface area contributed by atoms with E-state index in [4.69, 9.17) is 0 Å². The average molecular weight is 222 g/mol. The molecule has 0 saturated carbocycles. The van der Waals surface area contributed by atoms with Gasteiger partial charge >= 0.3 is 51.4 Å². The first-order valence-corrected chi connectivity index (χ1v) is 4.65. The second-order valence-corrected chi connectivity index (χ2v) is 2.59. The molecule has 0 radical (unpaired) electrons. The third-order valence-electron chi connectivity index (χ3n) is 1.81. The second-order valence-electron chi connectivity index (χ2n) is 2.59. The Bertz CT molecular complexity index is 139. The van der Waals surface area contributed by atoms with Gasteiger partial charge in [-0.2, -0.15) is 6.42 Å². The monoisotopic (exact) mass is 222 g/mol. The Balaban J connectivity index is -0.000000216. The Labute approximate surface area is 132 Å². The first-order valence-electron chi connectivity index (χ1n) is 4.65. The SMILES string of the molecule is CC.CC(=O)C1C[CH-]CN1C.[CH-]=C.[K+]. The molecule has 1 unspecified atom stereocenters. The van der Waals surface area contributed by atoms with Gasteiger partial charge in [0.1, 0.15) is 5.78 Å². The number of Topliss-reactive ketones (excluding diaryl/α,β-unsaturated/α-hetero) is 1. The normalized spacial score (nSPS) is 19.3. The Hall–Kier alpha value is 1.01. The van der Waals surface area contributed by atoms with Gasteiger partial charge in [0, 0.05) is 6.04 Å². The van der Waals surface area contributed by atoms with Gasteiger partial charge in [-0.3, -0.25) is 11.4 Å². The summed E-state index contributed by atoms with van der Waals surface area (Å²) >= 11 is 0. The minimum absolute atomic E-state index is 0. The number of carbonyl (C=O) groups excluding carboxylic acids is 1. The van der Waals surface area contributed by atoms with Gasteiger partial charge in [0.05, 0.1) is 0 Å². The Morgan fingerprint density at radius 3 is 2.07 bits per heavy atom. The largest absolute Gasteiger partial charge is 1.00 e. The van der Waals surface area contributed by atoms with Gasteiger partial charge in [-0.1, -0.05) is 13.8 Å². The summed E-state index contributed by atoms with van der Waals surface area (Å²) in [7, 11) is 1.98. The summed E-state index contributed by atoms with van der Waals surface area (Å²) in [5.74, 6) is 0.284. The van der Waals surface area contributed by atoms with Crippen molar-refractivity contribution in [3.05, 3.63) is 19.6 Å². The quantitative estimate of drug-likeness (QED) is 0.424. The predicted octanol–water partition coefficient (Wildman–Crippen LogP) is -0.881. The molecule has 0 bridgehead atoms. The van der Waals surface area contributed by atoms with Crippen molar-refractivity contribution in [3.63, 3.8) is 0 Å². The van der Waals surface area contributed by atoms with Crippen LogP contribution in [0.15, 0.2) is 6.58 Å². The molecule has 14 heavy (non-hydrogen) atoms. The molecule has 1 aliphatic heterocycles. The first-order chi connectivity index (χ1) is 6.22. The van der Waals surface area contributed by atoms with E-state index in [-0.39, 0.29) is 63.2 Å². The molecule has 78 valence electrons. The summed E-state index contributed by atoms with van der Waals surface area (Å²) in [4.78, 5) is 12.9. The third-order valence-corrected chi connectivity index (χ3v) is 1.81. The van der Waals surface area contributed by atoms with E-state index in [1.165, 1.54) is 0 Å². The Kier molecular flexibility index (Phi) is 20.4. The van der Waals surface area contributed by atoms with E-state index >= 15 is 0 Å². The van der Waals surface area contributed by atoms with Gasteiger partial charge in [-0.05, 0) is 14.0 Å². The van der Waals surface area contributed by atoms with Crippen LogP contribution in [-0.2, 0) is 4.79 Å². The molecule has 2 nitrogen and oxygen atoms in total. The van der Waals surface area contributed by atoms with Crippen molar-refractivity contribution in [1.82, 2.24) is 4.90 Å². The van der Waals surface area contributed by atoms with Crippen molar-refractivity contribution in [2.45, 2.75) is 33.2 Å². The van der Waals surface area contributed by atoms with E-state index in [0.717, 1.165) is 13.0 Å². The van der Waals surface area contributed by atoms with Crippen molar-refractivity contribution >= 4 is 5.78 Å². The summed E-state index contributed by atoms with van der Waals surface area (Å²) in [6, 6.07) is 0.171. The molecule has 3 heteroatoms. The summed E-state index contributed by atoms with van der Waals surface area (Å²) in [6.07, 6.45) is 3.08. The molecule has 1 rings (SSSR count). The number of rotatable bonds is 1. The van der Waals surface area contributed by atoms with Crippen LogP contribution in [0.1, 0.15) is 27.2 Å². The molecule has 0 aromatic heterocycles. The molecule has 1 heterocycles. The van der Waals surface area contributed by atoms with Gasteiger partial charge in [-0.15, -0.1) is 6.54 Å². The van der Waals surface area contributed by atoms with Gasteiger partial charge in [0.2, 0.25) is 0 Å². The van der Waals surface area contributed by atoms with Crippen molar-refractivity contribution in [2.24, 2.45) is 0 Å². The topological polar surface area (TPSA) is 20.3 Å². The van der Waals surface area contributed by atoms with Crippen molar-refractivity contribution in [2.75, 3.05) is 13.6 Å². The summed E-state index contributed by atoms with van der Waals surface area (Å²) in [5.41, 5.74) is 0. The zero-order chi connectivity index (χ0) is 10.9. The number of carbonyl (C=O) groups is 1. The van der Waals surface area contributed by atoms with Crippen LogP contribution in [0.25, 0.3) is 0 Å². The molecule has 0 aromatic carbocycles. The maximum absolute atomic E-state index is 10.8. The van der Waals surface area contributed by atoms with Crippen LogP contribution in [-0.4, -0.2) is 30.3 Å². The molecule has 1 aliphatic rings. The average Bonchev–Trinajstić information content (AvgIpc) is 2.58. The summed E-state index contributed by atoms with van der Waals surface area (Å²) in [6.45, 7) is 13.6. The van der Waals surface area contributed by atoms with Gasteiger partial charge in [0.25, 0.3) is 0 Å². The molecular formula is C11H21KNO-. The number of hydrogen-bond acceptors (Lipinski definition) is 2. The van der Waals surface area contributed by atoms with Crippen LogP contribution in [0, 0.1) is 13.0 Å². The maximum atomic E-state index is 10.8. The van der Waals surface area contributed by atoms with E-state index in [0.29, 0.717) is 0 Å². The smallest absolute Gasteiger partial charge is 0.521 e. The zero-order valence-corrected chi connectivity index (χ0v) is 13.3. The van der Waals surface area contributed by atoms with Crippen molar-refractivity contribution < 1.29 is 56.2 Å². The van der Waals surface area contributed by atoms with Crippen LogP contribution >= 0.6 is 0 Å². The standard InChI is InChI=1S/C7H12NO.C2H6.C2H3.K/c1-6(9)7-4-3-5-8(7)2;2*1-2;/h3,7H,4-5H2,1-2H3;1-2H3;1H,2H2;/q-1;;-1;+1. The van der Waals surface area contributed by atoms with Crippen LogP contribution < -0.4 is 51.4 Å². The number of ketones is 1. The number of hydrogen-bond donors (Lipinski definition) is 0. The summed E-state index contributed by atoms with van der Waals surface area (Å²) in [5, 5.41) is 0. The zero-order valence-electron chi connectivity index (χ0n) is 10.2. The fourth-order valence-corrected chi connectivity index (χ4v) is 1.22. The number of likely N-dealkylation sites (N-methyl/N-ethyl adjacent to an activating group) is 1. The van der Waals surface area contributed by atoms with Crippen LogP contribution in [0.5, 0.6) is 0 Å². The van der Waals surface area contributed by atoms with Gasteiger partial charge in [-0.25, -0.2) is 0 Å². The number of likely N-dealkylation sites (tertiary alicyclic amines) is 1. The van der Waals surface area contributed by atoms with Crippen LogP contribution in [0.4, 0.5) is 0 Å². The van der Waals surface area contributed by atoms with Crippen LogP contribution in [0.3, 0.4) is 0 Å². The first kappa shape index (κ1) is 20.4. The Morgan fingerprint density at radius 2 is 1.93 bits per heavy atom. The van der Waals surface area contributed by atoms with Crippen molar-refractivity contribution in [3.8, 4) is 0 Å². The predicted molar refractivity (Wildman–Crippen MR) is 57.3 cm³/mol. The molecule has 0 aromatic rings. The third kappa shape index (κ3) is 8.33. The molecular weight excluding hydrogens is 201 g/mol. The molecule has 1 fully saturated rings. The maximum Gasteiger partial charge on any atom is 1.00 e. The van der Waals surface area contributed by atoms with Crippen LogP contribution in [0.2, 0.25) is 0 Å².